The van der Waals surface area contributed by atoms with Gasteiger partial charge in [0.1, 0.15) is 5.82 Å². The van der Waals surface area contributed by atoms with Crippen molar-refractivity contribution in [1.82, 2.24) is 15.2 Å². The van der Waals surface area contributed by atoms with Crippen LogP contribution in [0.4, 0.5) is 5.82 Å². The van der Waals surface area contributed by atoms with E-state index < -0.39 is 0 Å². The highest BCUT2D eigenvalue weighted by Gasteiger charge is 2.21. The van der Waals surface area contributed by atoms with Crippen molar-refractivity contribution in [1.29, 1.82) is 0 Å². The van der Waals surface area contributed by atoms with Gasteiger partial charge in [0.15, 0.2) is 0 Å². The molecular weight excluding hydrogens is 480 g/mol. The van der Waals surface area contributed by atoms with Crippen LogP contribution in [0.25, 0.3) is 10.8 Å². The van der Waals surface area contributed by atoms with E-state index in [0.717, 1.165) is 51.4 Å². The Morgan fingerprint density at radius 1 is 1.00 bits per heavy atom. The molecule has 3 aromatic rings. The van der Waals surface area contributed by atoms with Crippen molar-refractivity contribution in [3.05, 3.63) is 66.4 Å². The highest BCUT2D eigenvalue weighted by Crippen LogP contribution is 2.22. The molecule has 1 aliphatic rings. The number of fused-ring (bicyclic) bond motifs is 1. The minimum absolute atomic E-state index is 0. The first-order valence-electron chi connectivity index (χ1n) is 9.69. The Labute approximate surface area is 188 Å². The molecule has 0 radical (unpaired) electrons. The fourth-order valence-corrected chi connectivity index (χ4v) is 3.90. The lowest BCUT2D eigenvalue weighted by atomic mass is 10.0. The zero-order chi connectivity index (χ0) is 17.6. The summed E-state index contributed by atoms with van der Waals surface area (Å²) in [6, 6.07) is 19.9. The van der Waals surface area contributed by atoms with E-state index in [4.69, 9.17) is 0 Å². The normalized spacial score (nSPS) is 16.9. The molecule has 1 aromatic heterocycles. The predicted octanol–water partition coefficient (Wildman–Crippen LogP) is 4.64. The number of piperazine rings is 1. The molecule has 0 spiro atoms. The lowest BCUT2D eigenvalue weighted by Gasteiger charge is -2.36. The summed E-state index contributed by atoms with van der Waals surface area (Å²) in [6.07, 6.45) is 4.35. The fraction of sp³-hybridized carbons (Fsp3) is 0.364. The third-order valence-corrected chi connectivity index (χ3v) is 5.31. The first kappa shape index (κ1) is 22.9. The summed E-state index contributed by atoms with van der Waals surface area (Å²) in [7, 11) is 0. The second kappa shape index (κ2) is 11.6. The van der Waals surface area contributed by atoms with Crippen molar-refractivity contribution in [3.8, 4) is 0 Å². The van der Waals surface area contributed by atoms with Crippen LogP contribution in [0.1, 0.15) is 12.0 Å². The smallest absolute Gasteiger partial charge is 0.111 e. The largest absolute Gasteiger partial charge is 0.371 e. The molecule has 2 aromatic carbocycles. The van der Waals surface area contributed by atoms with E-state index in [1.54, 1.807) is 0 Å². The highest BCUT2D eigenvalue weighted by molar-refractivity contribution is 8.93. The average Bonchev–Trinajstić information content (AvgIpc) is 3.10. The third-order valence-electron chi connectivity index (χ3n) is 5.31. The van der Waals surface area contributed by atoms with E-state index in [2.05, 4.69) is 81.3 Å². The quantitative estimate of drug-likeness (QED) is 0.406. The molecule has 4 nitrogen and oxygen atoms in total. The van der Waals surface area contributed by atoms with Crippen LogP contribution in [0, 0.1) is 0 Å². The molecule has 152 valence electrons. The second-order valence-corrected chi connectivity index (χ2v) is 7.11. The molecular formula is C22H30Br2N4. The number of rotatable bonds is 7. The maximum absolute atomic E-state index is 3.57. The Bertz CT molecular complexity index is 822. The Hall–Kier alpha value is -1.34. The van der Waals surface area contributed by atoms with Gasteiger partial charge in [0.25, 0.3) is 0 Å². The molecule has 2 heterocycles. The standard InChI is InChI=1S/C22H28N4.2BrH/c1-2-7-18(8-3-1)15-20-17-23-12-14-26(20)13-6-11-24-22-21-10-5-4-9-19(21)16-25-22;;/h1-5,7-10,16,20,23-25H,6,11-15,17H2;2*1H. The van der Waals surface area contributed by atoms with E-state index in [9.17, 15) is 0 Å². The van der Waals surface area contributed by atoms with Crippen molar-refractivity contribution < 1.29 is 0 Å². The number of anilines is 1. The summed E-state index contributed by atoms with van der Waals surface area (Å²) in [5.74, 6) is 1.14. The number of benzene rings is 2. The zero-order valence-electron chi connectivity index (χ0n) is 16.1. The molecule has 6 heteroatoms. The van der Waals surface area contributed by atoms with Gasteiger partial charge in [-0.1, -0.05) is 54.6 Å². The number of hydrogen-bond acceptors (Lipinski definition) is 3. The molecule has 1 aliphatic heterocycles. The maximum Gasteiger partial charge on any atom is 0.111 e. The number of hydrogen-bond donors (Lipinski definition) is 3. The molecule has 28 heavy (non-hydrogen) atoms. The van der Waals surface area contributed by atoms with Gasteiger partial charge in [-0.3, -0.25) is 4.90 Å². The van der Waals surface area contributed by atoms with Gasteiger partial charge in [0, 0.05) is 55.7 Å². The zero-order valence-corrected chi connectivity index (χ0v) is 19.5. The van der Waals surface area contributed by atoms with Crippen molar-refractivity contribution in [2.45, 2.75) is 18.9 Å². The van der Waals surface area contributed by atoms with E-state index in [0.29, 0.717) is 6.04 Å². The van der Waals surface area contributed by atoms with Gasteiger partial charge in [-0.25, -0.2) is 0 Å². The minimum atomic E-state index is 0. The summed E-state index contributed by atoms with van der Waals surface area (Å²) in [6.45, 7) is 5.46. The van der Waals surface area contributed by atoms with Crippen LogP contribution in [-0.2, 0) is 6.42 Å². The first-order valence-corrected chi connectivity index (χ1v) is 9.69. The SMILES string of the molecule is Br.Br.c1ccc(CC2CNCCN2CCCNc2[nH]cc3ccccc23)cc1. The number of nitrogens with one attached hydrogen (secondary N) is 3. The van der Waals surface area contributed by atoms with Crippen LogP contribution in [0.5, 0.6) is 0 Å². The fourth-order valence-electron chi connectivity index (χ4n) is 3.90. The van der Waals surface area contributed by atoms with Crippen molar-refractivity contribution in [2.75, 3.05) is 38.0 Å². The summed E-state index contributed by atoms with van der Waals surface area (Å²) in [5.41, 5.74) is 1.43. The summed E-state index contributed by atoms with van der Waals surface area (Å²) in [4.78, 5) is 6.01. The molecule has 1 atom stereocenters. The number of aromatic amines is 1. The van der Waals surface area contributed by atoms with E-state index in [1.165, 1.54) is 16.3 Å². The van der Waals surface area contributed by atoms with Crippen molar-refractivity contribution in [2.24, 2.45) is 0 Å². The first-order chi connectivity index (χ1) is 12.9. The summed E-state index contributed by atoms with van der Waals surface area (Å²) < 4.78 is 0. The molecule has 0 amide bonds. The van der Waals surface area contributed by atoms with Crippen LogP contribution in [0.2, 0.25) is 0 Å². The van der Waals surface area contributed by atoms with Gasteiger partial charge in [0.05, 0.1) is 0 Å². The maximum atomic E-state index is 3.57. The minimum Gasteiger partial charge on any atom is -0.371 e. The topological polar surface area (TPSA) is 43.1 Å². The molecule has 0 aliphatic carbocycles. The number of halogens is 2. The van der Waals surface area contributed by atoms with Crippen LogP contribution >= 0.6 is 34.0 Å². The van der Waals surface area contributed by atoms with Gasteiger partial charge in [-0.05, 0) is 18.4 Å². The summed E-state index contributed by atoms with van der Waals surface area (Å²) >= 11 is 0. The van der Waals surface area contributed by atoms with Gasteiger partial charge in [0.2, 0.25) is 0 Å². The van der Waals surface area contributed by atoms with Gasteiger partial charge in [-0.2, -0.15) is 0 Å². The third kappa shape index (κ3) is 5.83. The highest BCUT2D eigenvalue weighted by atomic mass is 79.9. The van der Waals surface area contributed by atoms with E-state index in [-0.39, 0.29) is 34.0 Å². The van der Waals surface area contributed by atoms with Gasteiger partial charge >= 0.3 is 0 Å². The van der Waals surface area contributed by atoms with Gasteiger partial charge in [-0.15, -0.1) is 34.0 Å². The Balaban J connectivity index is 0.00000140. The molecule has 1 unspecified atom stereocenters. The van der Waals surface area contributed by atoms with E-state index >= 15 is 0 Å². The van der Waals surface area contributed by atoms with Crippen LogP contribution < -0.4 is 10.6 Å². The lowest BCUT2D eigenvalue weighted by molar-refractivity contribution is 0.160. The monoisotopic (exact) mass is 508 g/mol. The van der Waals surface area contributed by atoms with Gasteiger partial charge < -0.3 is 15.6 Å². The van der Waals surface area contributed by atoms with E-state index in [1.807, 2.05) is 0 Å². The Kier molecular flexibility index (Phi) is 9.51. The number of H-pyrrole nitrogens is 1. The van der Waals surface area contributed by atoms with Crippen molar-refractivity contribution >= 4 is 50.6 Å². The lowest BCUT2D eigenvalue weighted by Crippen LogP contribution is -2.52. The average molecular weight is 510 g/mol. The number of nitrogens with zero attached hydrogens (tertiary/aromatic N) is 1. The van der Waals surface area contributed by atoms with Crippen LogP contribution in [0.15, 0.2) is 60.8 Å². The molecule has 1 fully saturated rings. The summed E-state index contributed by atoms with van der Waals surface area (Å²) in [5, 5.41) is 9.67. The van der Waals surface area contributed by atoms with Crippen molar-refractivity contribution in [3.63, 3.8) is 0 Å². The Morgan fingerprint density at radius 3 is 2.64 bits per heavy atom. The molecule has 0 saturated carbocycles. The molecule has 4 rings (SSSR count). The molecule has 1 saturated heterocycles. The molecule has 3 N–H and O–H groups in total. The molecule has 0 bridgehead atoms. The second-order valence-electron chi connectivity index (χ2n) is 7.11. The Morgan fingerprint density at radius 2 is 1.79 bits per heavy atom. The predicted molar refractivity (Wildman–Crippen MR) is 130 cm³/mol. The van der Waals surface area contributed by atoms with Crippen LogP contribution in [-0.4, -0.2) is 48.6 Å². The van der Waals surface area contributed by atoms with Crippen LogP contribution in [0.3, 0.4) is 0 Å². The number of aromatic nitrogens is 1.